The molecule has 0 radical (unpaired) electrons. The van der Waals surface area contributed by atoms with Crippen molar-refractivity contribution in [2.24, 2.45) is 0 Å². The van der Waals surface area contributed by atoms with E-state index in [2.05, 4.69) is 87.9 Å². The summed E-state index contributed by atoms with van der Waals surface area (Å²) in [6.45, 7) is 7.76. The van der Waals surface area contributed by atoms with E-state index >= 15 is 0 Å². The second kappa shape index (κ2) is 14.6. The molecule has 0 atom stereocenters. The summed E-state index contributed by atoms with van der Waals surface area (Å²) in [6.07, 6.45) is 25.4. The lowest BCUT2D eigenvalue weighted by molar-refractivity contribution is -0.788. The van der Waals surface area contributed by atoms with Gasteiger partial charge in [-0.25, -0.2) is 4.48 Å². The minimum Gasteiger partial charge on any atom is -0.242 e. The highest BCUT2D eigenvalue weighted by molar-refractivity contribution is 5.14. The van der Waals surface area contributed by atoms with Gasteiger partial charge in [-0.15, -0.1) is 0 Å². The van der Waals surface area contributed by atoms with E-state index in [0.29, 0.717) is 0 Å². The zero-order valence-electron chi connectivity index (χ0n) is 17.4. The van der Waals surface area contributed by atoms with Crippen LogP contribution in [0, 0.1) is 0 Å². The predicted octanol–water partition coefficient (Wildman–Crippen LogP) is 8.12. The largest absolute Gasteiger partial charge is 0.242 e. The Morgan fingerprint density at radius 1 is 0.654 bits per heavy atom. The molecular weight excluding hydrogens is 314 g/mol. The molecule has 0 spiro atoms. The maximum absolute atomic E-state index is 2.40. The van der Waals surface area contributed by atoms with E-state index in [1.807, 2.05) is 0 Å². The summed E-state index contributed by atoms with van der Waals surface area (Å²) in [5, 5.41) is 0. The average Bonchev–Trinajstić information content (AvgIpc) is 2.67. The van der Waals surface area contributed by atoms with Gasteiger partial charge in [-0.05, 0) is 56.8 Å². The molecule has 144 valence electrons. The number of rotatable bonds is 14. The Morgan fingerprint density at radius 2 is 1.08 bits per heavy atom. The average molecular weight is 355 g/mol. The minimum absolute atomic E-state index is 0.793. The fraction of sp³-hybridized carbons (Fsp3) is 0.520. The number of unbranched alkanes of at least 4 members (excludes halogenated alkanes) is 6. The number of allylic oxidation sites excluding steroid dienone is 3. The monoisotopic (exact) mass is 354 g/mol. The molecule has 1 aromatic rings. The molecule has 1 nitrogen and oxygen atoms in total. The molecule has 0 fully saturated rings. The summed E-state index contributed by atoms with van der Waals surface area (Å²) >= 11 is 0. The van der Waals surface area contributed by atoms with Gasteiger partial charge in [0.05, 0.1) is 0 Å². The van der Waals surface area contributed by atoms with Crippen LogP contribution in [0.3, 0.4) is 0 Å². The Morgan fingerprint density at radius 3 is 1.46 bits per heavy atom. The standard InChI is InChI=1S/C25H40N/c1-4-7-10-16-21-26(22-17-11-8-5-2,23-18-12-9-6-3)24-25-19-14-13-15-20-25/h13-23H,4-12,24H2,1-3H3/q+1/b21-16+,22-17+,23-18+. The molecule has 1 heteroatoms. The zero-order chi connectivity index (χ0) is 18.9. The zero-order valence-corrected chi connectivity index (χ0v) is 17.4. The van der Waals surface area contributed by atoms with E-state index < -0.39 is 0 Å². The highest BCUT2D eigenvalue weighted by Gasteiger charge is 2.19. The van der Waals surface area contributed by atoms with Gasteiger partial charge in [0.2, 0.25) is 0 Å². The van der Waals surface area contributed by atoms with Crippen LogP contribution in [0.5, 0.6) is 0 Å². The summed E-state index contributed by atoms with van der Waals surface area (Å²) in [5.74, 6) is 0. The first-order valence-corrected chi connectivity index (χ1v) is 10.7. The van der Waals surface area contributed by atoms with Crippen LogP contribution in [0.1, 0.15) is 84.1 Å². The van der Waals surface area contributed by atoms with Crippen LogP contribution in [0.25, 0.3) is 0 Å². The fourth-order valence-corrected chi connectivity index (χ4v) is 2.99. The van der Waals surface area contributed by atoms with E-state index in [1.165, 1.54) is 44.1 Å². The smallest absolute Gasteiger partial charge is 0.117 e. The molecule has 0 amide bonds. The molecule has 0 aliphatic rings. The fourth-order valence-electron chi connectivity index (χ4n) is 2.99. The van der Waals surface area contributed by atoms with Gasteiger partial charge in [0.25, 0.3) is 0 Å². The Hall–Kier alpha value is -1.60. The molecular formula is C25H40N+. The lowest BCUT2D eigenvalue weighted by Crippen LogP contribution is -2.30. The van der Waals surface area contributed by atoms with Crippen molar-refractivity contribution < 1.29 is 4.48 Å². The van der Waals surface area contributed by atoms with Gasteiger partial charge >= 0.3 is 0 Å². The number of hydrogen-bond acceptors (Lipinski definition) is 0. The molecule has 0 bridgehead atoms. The number of hydrogen-bond donors (Lipinski definition) is 0. The Balaban J connectivity index is 3.04. The first-order chi connectivity index (χ1) is 12.8. The van der Waals surface area contributed by atoms with E-state index in [4.69, 9.17) is 0 Å². The summed E-state index contributed by atoms with van der Waals surface area (Å²) in [4.78, 5) is 0. The second-order valence-corrected chi connectivity index (χ2v) is 7.22. The third-order valence-electron chi connectivity index (χ3n) is 4.62. The van der Waals surface area contributed by atoms with Crippen LogP contribution in [-0.4, -0.2) is 4.48 Å². The van der Waals surface area contributed by atoms with Crippen molar-refractivity contribution in [2.45, 2.75) is 85.1 Å². The van der Waals surface area contributed by atoms with Crippen molar-refractivity contribution in [2.75, 3.05) is 0 Å². The van der Waals surface area contributed by atoms with E-state index in [1.54, 1.807) is 0 Å². The van der Waals surface area contributed by atoms with Gasteiger partial charge in [-0.3, -0.25) is 0 Å². The predicted molar refractivity (Wildman–Crippen MR) is 116 cm³/mol. The lowest BCUT2D eigenvalue weighted by atomic mass is 10.1. The van der Waals surface area contributed by atoms with Crippen molar-refractivity contribution in [1.29, 1.82) is 0 Å². The molecule has 26 heavy (non-hydrogen) atoms. The van der Waals surface area contributed by atoms with E-state index in [-0.39, 0.29) is 0 Å². The molecule has 0 saturated carbocycles. The van der Waals surface area contributed by atoms with Gasteiger partial charge in [0.1, 0.15) is 25.1 Å². The normalized spacial score (nSPS) is 12.7. The molecule has 0 N–H and O–H groups in total. The molecule has 0 aliphatic carbocycles. The molecule has 1 aromatic carbocycles. The maximum Gasteiger partial charge on any atom is 0.117 e. The van der Waals surface area contributed by atoms with Crippen LogP contribution in [-0.2, 0) is 6.54 Å². The molecule has 0 aromatic heterocycles. The highest BCUT2D eigenvalue weighted by atomic mass is 15.3. The quantitative estimate of drug-likeness (QED) is 0.234. The molecule has 0 unspecified atom stereocenters. The Labute approximate surface area is 162 Å². The minimum atomic E-state index is 0.793. The number of nitrogens with zero attached hydrogens (tertiary/aromatic N) is 1. The summed E-state index contributed by atoms with van der Waals surface area (Å²) < 4.78 is 0.793. The second-order valence-electron chi connectivity index (χ2n) is 7.22. The molecule has 0 saturated heterocycles. The van der Waals surface area contributed by atoms with Gasteiger partial charge < -0.3 is 0 Å². The number of benzene rings is 1. The number of quaternary nitrogens is 1. The topological polar surface area (TPSA) is 0 Å². The van der Waals surface area contributed by atoms with Crippen molar-refractivity contribution in [3.05, 3.63) is 72.7 Å². The van der Waals surface area contributed by atoms with Crippen molar-refractivity contribution in [3.8, 4) is 0 Å². The Kier molecular flexibility index (Phi) is 12.6. The maximum atomic E-state index is 2.40. The van der Waals surface area contributed by atoms with E-state index in [0.717, 1.165) is 30.3 Å². The lowest BCUT2D eigenvalue weighted by Gasteiger charge is -2.27. The van der Waals surface area contributed by atoms with Crippen LogP contribution >= 0.6 is 0 Å². The SMILES string of the molecule is CCCC/C=C/[N+](/C=C/CCCC)(/C=C/CCCC)Cc1ccccc1. The van der Waals surface area contributed by atoms with Crippen LogP contribution in [0.2, 0.25) is 0 Å². The van der Waals surface area contributed by atoms with Crippen LogP contribution < -0.4 is 0 Å². The Bertz CT molecular complexity index is 479. The highest BCUT2D eigenvalue weighted by Crippen LogP contribution is 2.21. The van der Waals surface area contributed by atoms with E-state index in [9.17, 15) is 0 Å². The summed E-state index contributed by atoms with van der Waals surface area (Å²) in [7, 11) is 0. The van der Waals surface area contributed by atoms with Gasteiger partial charge in [-0.1, -0.05) is 70.4 Å². The van der Waals surface area contributed by atoms with Crippen LogP contribution in [0.4, 0.5) is 0 Å². The first-order valence-electron chi connectivity index (χ1n) is 10.7. The third kappa shape index (κ3) is 9.77. The molecule has 1 rings (SSSR count). The van der Waals surface area contributed by atoms with Gasteiger partial charge in [-0.2, -0.15) is 0 Å². The summed E-state index contributed by atoms with van der Waals surface area (Å²) in [6, 6.07) is 10.9. The molecule has 0 heterocycles. The van der Waals surface area contributed by atoms with Gasteiger partial charge in [0, 0.05) is 5.56 Å². The van der Waals surface area contributed by atoms with Gasteiger partial charge in [0.15, 0.2) is 0 Å². The van der Waals surface area contributed by atoms with Crippen LogP contribution in [0.15, 0.2) is 67.2 Å². The third-order valence-corrected chi connectivity index (χ3v) is 4.62. The molecule has 0 aliphatic heterocycles. The van der Waals surface area contributed by atoms with Crippen molar-refractivity contribution in [3.63, 3.8) is 0 Å². The van der Waals surface area contributed by atoms with Crippen molar-refractivity contribution >= 4 is 0 Å². The summed E-state index contributed by atoms with van der Waals surface area (Å²) in [5.41, 5.74) is 1.38. The van der Waals surface area contributed by atoms with Crippen molar-refractivity contribution in [1.82, 2.24) is 0 Å². The first kappa shape index (κ1) is 22.4.